The molecule has 0 fully saturated rings. The van der Waals surface area contributed by atoms with Crippen LogP contribution >= 0.6 is 0 Å². The summed E-state index contributed by atoms with van der Waals surface area (Å²) in [7, 11) is 1.51. The standard InChI is InChI=1S/C36H66N2O7.C35H63NO8.CH4/c1-9-10-11-12-13-14-15-16-17-18-19-20-21-22-32(41)38-30(34(43)45-36(5,6)7)25-24-29(39)27-28(23-26-31(40)37-8)33(42)44-35(2,3)4;1-8-9-10-11-12-13-14-15-16-17-18-19-20-21-30(38)36-29(33(42)44-35(5,6)7)24-23-28(37)26-27(22-25-31(39)40)32(41)43-34(2,3)4;/h28,30H,9-27H2,1-8H3,(H,37,40)(H,38,41);27,29H,8-26H2,1-7H3,(H,36,38)(H,39,40);1H4/t28-,30+;27-,29+;/m11./s1. The molecule has 0 aromatic carbocycles. The number of amides is 3. The molecule has 90 heavy (non-hydrogen) atoms. The van der Waals surface area contributed by atoms with Gasteiger partial charge in [0.25, 0.3) is 0 Å². The van der Waals surface area contributed by atoms with Crippen LogP contribution < -0.4 is 16.0 Å². The maximum Gasteiger partial charge on any atom is 0.329 e. The van der Waals surface area contributed by atoms with Gasteiger partial charge in [-0.3, -0.25) is 38.4 Å². The van der Waals surface area contributed by atoms with Crippen LogP contribution in [0.15, 0.2) is 0 Å². The highest BCUT2D eigenvalue weighted by atomic mass is 16.6. The van der Waals surface area contributed by atoms with Gasteiger partial charge in [-0.1, -0.05) is 175 Å². The minimum atomic E-state index is -1.07. The Balaban J connectivity index is -0.00000166. The van der Waals surface area contributed by atoms with Crippen LogP contribution in [0.25, 0.3) is 0 Å². The highest BCUT2D eigenvalue weighted by Crippen LogP contribution is 2.24. The summed E-state index contributed by atoms with van der Waals surface area (Å²) in [4.78, 5) is 125. The second kappa shape index (κ2) is 51.6. The number of ether oxygens (including phenoxy) is 4. The molecule has 0 aromatic heterocycles. The van der Waals surface area contributed by atoms with Gasteiger partial charge in [-0.15, -0.1) is 0 Å². The Morgan fingerprint density at radius 2 is 0.589 bits per heavy atom. The van der Waals surface area contributed by atoms with Crippen molar-refractivity contribution in [3.05, 3.63) is 0 Å². The Bertz CT molecular complexity index is 2010. The van der Waals surface area contributed by atoms with E-state index in [9.17, 15) is 47.9 Å². The molecule has 0 aromatic rings. The smallest absolute Gasteiger partial charge is 0.329 e. The number of rotatable bonds is 50. The normalized spacial score (nSPS) is 13.0. The van der Waals surface area contributed by atoms with E-state index in [-0.39, 0.29) is 101 Å². The van der Waals surface area contributed by atoms with Crippen molar-refractivity contribution in [3.8, 4) is 0 Å². The zero-order valence-corrected chi connectivity index (χ0v) is 58.8. The fourth-order valence-electron chi connectivity index (χ4n) is 9.85. The third-order valence-corrected chi connectivity index (χ3v) is 14.6. The van der Waals surface area contributed by atoms with Crippen molar-refractivity contribution in [1.82, 2.24) is 16.0 Å². The summed E-state index contributed by atoms with van der Waals surface area (Å²) < 4.78 is 21.9. The summed E-state index contributed by atoms with van der Waals surface area (Å²) in [6, 6.07) is -1.96. The molecule has 0 spiro atoms. The van der Waals surface area contributed by atoms with E-state index in [2.05, 4.69) is 29.8 Å². The molecule has 0 heterocycles. The minimum Gasteiger partial charge on any atom is -0.481 e. The van der Waals surface area contributed by atoms with Crippen molar-refractivity contribution in [2.24, 2.45) is 11.8 Å². The zero-order valence-electron chi connectivity index (χ0n) is 58.8. The molecule has 0 bridgehead atoms. The van der Waals surface area contributed by atoms with Gasteiger partial charge >= 0.3 is 29.8 Å². The van der Waals surface area contributed by atoms with E-state index < -0.39 is 76.2 Å². The molecule has 0 aliphatic carbocycles. The van der Waals surface area contributed by atoms with E-state index in [1.807, 2.05) is 0 Å². The molecule has 18 nitrogen and oxygen atoms in total. The van der Waals surface area contributed by atoms with Gasteiger partial charge in [0, 0.05) is 58.4 Å². The Kier molecular flexibility index (Phi) is 51.2. The maximum atomic E-state index is 13.0. The predicted molar refractivity (Wildman–Crippen MR) is 359 cm³/mol. The van der Waals surface area contributed by atoms with Gasteiger partial charge in [-0.05, 0) is 122 Å². The lowest BCUT2D eigenvalue weighted by Crippen LogP contribution is -2.44. The monoisotopic (exact) mass is 1280 g/mol. The number of unbranched alkanes of at least 4 members (excludes halogenated alkanes) is 24. The van der Waals surface area contributed by atoms with Crippen LogP contribution in [-0.2, 0) is 66.9 Å². The lowest BCUT2D eigenvalue weighted by atomic mass is 9.94. The van der Waals surface area contributed by atoms with E-state index in [1.165, 1.54) is 129 Å². The van der Waals surface area contributed by atoms with Crippen LogP contribution in [0.4, 0.5) is 0 Å². The van der Waals surface area contributed by atoms with E-state index in [1.54, 1.807) is 83.1 Å². The van der Waals surface area contributed by atoms with Crippen LogP contribution in [0, 0.1) is 11.8 Å². The number of ketones is 2. The SMILES string of the molecule is C.CCCCCCCCCCCCCCCC(=O)N[C@@H](CCC(=O)C[C@@H](CCC(=O)NC)C(=O)OC(C)(C)C)C(=O)OC(C)(C)C.CCCCCCCCCCCCCCCC(=O)N[C@@H](CCC(=O)C[C@@H](CCC(=O)O)C(=O)OC(C)(C)C)C(=O)OC(C)(C)C. The second-order valence-electron chi connectivity index (χ2n) is 28.5. The van der Waals surface area contributed by atoms with Gasteiger partial charge < -0.3 is 40.0 Å². The van der Waals surface area contributed by atoms with Gasteiger partial charge in [0.2, 0.25) is 17.7 Å². The van der Waals surface area contributed by atoms with Crippen LogP contribution in [0.5, 0.6) is 0 Å². The molecular formula is C72H133N3O15. The van der Waals surface area contributed by atoms with Crippen molar-refractivity contribution in [3.63, 3.8) is 0 Å². The molecule has 4 N–H and O–H groups in total. The lowest BCUT2D eigenvalue weighted by Gasteiger charge is -2.25. The number of aliphatic carboxylic acids is 1. The maximum absolute atomic E-state index is 13.0. The number of esters is 4. The first-order valence-corrected chi connectivity index (χ1v) is 34.6. The highest BCUT2D eigenvalue weighted by molar-refractivity contribution is 5.89. The third kappa shape index (κ3) is 57.0. The number of carbonyl (C=O) groups is 10. The topological polar surface area (TPSA) is 264 Å². The molecule has 0 radical (unpaired) electrons. The van der Waals surface area contributed by atoms with Crippen LogP contribution in [0.1, 0.15) is 348 Å². The molecule has 0 unspecified atom stereocenters. The number of hydrogen-bond donors (Lipinski definition) is 4. The average molecular weight is 1280 g/mol. The summed E-state index contributed by atoms with van der Waals surface area (Å²) in [5, 5.41) is 17.1. The van der Waals surface area contributed by atoms with E-state index in [0.29, 0.717) is 12.8 Å². The van der Waals surface area contributed by atoms with Crippen molar-refractivity contribution in [1.29, 1.82) is 0 Å². The van der Waals surface area contributed by atoms with Crippen molar-refractivity contribution in [2.75, 3.05) is 7.05 Å². The van der Waals surface area contributed by atoms with Crippen LogP contribution in [0.3, 0.4) is 0 Å². The molecule has 526 valence electrons. The van der Waals surface area contributed by atoms with Crippen molar-refractivity contribution in [2.45, 2.75) is 383 Å². The van der Waals surface area contributed by atoms with E-state index in [4.69, 9.17) is 24.1 Å². The first-order chi connectivity index (χ1) is 41.6. The number of carboxylic acid groups (broad SMARTS) is 1. The summed E-state index contributed by atoms with van der Waals surface area (Å²) in [6.07, 6.45) is 31.7. The molecule has 0 saturated heterocycles. The molecule has 0 rings (SSSR count). The largest absolute Gasteiger partial charge is 0.481 e. The Morgan fingerprint density at radius 1 is 0.333 bits per heavy atom. The molecular weight excluding hydrogens is 1150 g/mol. The van der Waals surface area contributed by atoms with Gasteiger partial charge in [0.1, 0.15) is 46.1 Å². The van der Waals surface area contributed by atoms with Gasteiger partial charge in [-0.25, -0.2) is 9.59 Å². The minimum absolute atomic E-state index is 0. The number of nitrogens with one attached hydrogen (secondary N) is 3. The van der Waals surface area contributed by atoms with Gasteiger partial charge in [0.15, 0.2) is 0 Å². The molecule has 0 aliphatic heterocycles. The summed E-state index contributed by atoms with van der Waals surface area (Å²) >= 11 is 0. The molecule has 0 saturated carbocycles. The first-order valence-electron chi connectivity index (χ1n) is 34.6. The summed E-state index contributed by atoms with van der Waals surface area (Å²) in [5.41, 5.74) is -3.02. The Labute approximate surface area is 546 Å². The fourth-order valence-corrected chi connectivity index (χ4v) is 9.85. The number of hydrogen-bond acceptors (Lipinski definition) is 14. The van der Waals surface area contributed by atoms with E-state index in [0.717, 1.165) is 44.9 Å². The summed E-state index contributed by atoms with van der Waals surface area (Å²) in [5.74, 6) is -6.39. The lowest BCUT2D eigenvalue weighted by molar-refractivity contribution is -0.162. The van der Waals surface area contributed by atoms with Crippen LogP contribution in [0.2, 0.25) is 0 Å². The van der Waals surface area contributed by atoms with Gasteiger partial charge in [-0.2, -0.15) is 0 Å². The highest BCUT2D eigenvalue weighted by Gasteiger charge is 2.33. The Hall–Kier alpha value is -4.90. The number of carbonyl (C=O) groups excluding carboxylic acids is 9. The first kappa shape index (κ1) is 89.3. The molecule has 0 aliphatic rings. The second-order valence-corrected chi connectivity index (χ2v) is 28.5. The molecule has 4 atom stereocenters. The quantitative estimate of drug-likeness (QED) is 0.0251. The number of carboxylic acids is 1. The average Bonchev–Trinajstić information content (AvgIpc) is 2.68. The van der Waals surface area contributed by atoms with Gasteiger partial charge in [0.05, 0.1) is 11.8 Å². The predicted octanol–water partition coefficient (Wildman–Crippen LogP) is 16.0. The molecule has 18 heteroatoms. The fraction of sp³-hybridized carbons (Fsp3) is 0.861. The summed E-state index contributed by atoms with van der Waals surface area (Å²) in [6.45, 7) is 25.3. The van der Waals surface area contributed by atoms with Crippen molar-refractivity contribution >= 4 is 59.1 Å². The van der Waals surface area contributed by atoms with Crippen molar-refractivity contribution < 1.29 is 72.0 Å². The zero-order chi connectivity index (χ0) is 67.9. The van der Waals surface area contributed by atoms with Crippen LogP contribution in [-0.4, -0.2) is 106 Å². The van der Waals surface area contributed by atoms with E-state index >= 15 is 0 Å². The third-order valence-electron chi connectivity index (χ3n) is 14.6. The Morgan fingerprint density at radius 3 is 0.844 bits per heavy atom. The number of Topliss-reactive ketones (excluding diaryl/α,β-unsaturated/α-hetero) is 2. The molecule has 3 amide bonds.